The second-order valence-corrected chi connectivity index (χ2v) is 8.86. The summed E-state index contributed by atoms with van der Waals surface area (Å²) in [4.78, 5) is 16.6. The molecule has 1 aliphatic heterocycles. The van der Waals surface area contributed by atoms with Crippen LogP contribution in [0, 0.1) is 6.92 Å². The summed E-state index contributed by atoms with van der Waals surface area (Å²) < 4.78 is 27.8. The lowest BCUT2D eigenvalue weighted by atomic mass is 10.1. The van der Waals surface area contributed by atoms with E-state index < -0.39 is 10.0 Å². The van der Waals surface area contributed by atoms with Gasteiger partial charge in [0.25, 0.3) is 10.0 Å². The van der Waals surface area contributed by atoms with Crippen LogP contribution in [-0.4, -0.2) is 33.3 Å². The van der Waals surface area contributed by atoms with Crippen LogP contribution in [0.3, 0.4) is 0 Å². The van der Waals surface area contributed by atoms with Gasteiger partial charge in [-0.15, -0.1) is 0 Å². The van der Waals surface area contributed by atoms with Gasteiger partial charge in [0.1, 0.15) is 17.3 Å². The van der Waals surface area contributed by atoms with E-state index in [-0.39, 0.29) is 23.2 Å². The van der Waals surface area contributed by atoms with Crippen molar-refractivity contribution < 1.29 is 13.2 Å². The number of nitrogens with one attached hydrogen (secondary N) is 2. The lowest BCUT2D eigenvalue weighted by molar-refractivity contribution is -0.119. The van der Waals surface area contributed by atoms with Gasteiger partial charge in [0.15, 0.2) is 0 Å². The average molecular weight is 426 g/mol. The number of amidine groups is 1. The van der Waals surface area contributed by atoms with E-state index in [9.17, 15) is 13.2 Å². The van der Waals surface area contributed by atoms with E-state index in [0.717, 1.165) is 18.4 Å². The molecular formula is C23H27N3O3S. The first kappa shape index (κ1) is 21.8. The van der Waals surface area contributed by atoms with E-state index in [0.29, 0.717) is 24.1 Å². The smallest absolute Gasteiger partial charge is 0.264 e. The Bertz CT molecular complexity index is 1060. The summed E-state index contributed by atoms with van der Waals surface area (Å²) >= 11 is 0. The number of benzene rings is 2. The number of nitrogens with zero attached hydrogens (tertiary/aromatic N) is 1. The zero-order valence-corrected chi connectivity index (χ0v) is 18.1. The zero-order valence-electron chi connectivity index (χ0n) is 17.3. The van der Waals surface area contributed by atoms with Gasteiger partial charge in [-0.05, 0) is 37.3 Å². The van der Waals surface area contributed by atoms with Gasteiger partial charge < -0.3 is 5.32 Å². The largest absolute Gasteiger partial charge is 0.354 e. The maximum absolute atomic E-state index is 12.7. The number of aliphatic imine (C=N–C) groups is 1. The molecule has 0 spiro atoms. The Morgan fingerprint density at radius 1 is 1.07 bits per heavy atom. The van der Waals surface area contributed by atoms with E-state index in [2.05, 4.69) is 27.2 Å². The number of sulfonamides is 1. The van der Waals surface area contributed by atoms with Crippen LogP contribution >= 0.6 is 0 Å². The van der Waals surface area contributed by atoms with Crippen molar-refractivity contribution in [3.05, 3.63) is 76.9 Å². The first-order chi connectivity index (χ1) is 14.4. The highest BCUT2D eigenvalue weighted by atomic mass is 32.2. The molecule has 0 fully saturated rings. The van der Waals surface area contributed by atoms with Crippen molar-refractivity contribution in [2.45, 2.75) is 33.1 Å². The Labute approximate surface area is 178 Å². The molecule has 2 N–H and O–H groups in total. The van der Waals surface area contributed by atoms with Crippen LogP contribution in [0.1, 0.15) is 36.5 Å². The second-order valence-electron chi connectivity index (χ2n) is 7.24. The van der Waals surface area contributed by atoms with Gasteiger partial charge in [-0.2, -0.15) is 0 Å². The Morgan fingerprint density at radius 3 is 2.43 bits per heavy atom. The minimum atomic E-state index is -3.70. The summed E-state index contributed by atoms with van der Waals surface area (Å²) in [6, 6.07) is 17.4. The molecule has 1 heterocycles. The van der Waals surface area contributed by atoms with Crippen molar-refractivity contribution in [2.75, 3.05) is 13.1 Å². The summed E-state index contributed by atoms with van der Waals surface area (Å²) in [6.07, 6.45) is 2.21. The highest BCUT2D eigenvalue weighted by Gasteiger charge is 2.33. The maximum Gasteiger partial charge on any atom is 0.264 e. The monoisotopic (exact) mass is 425 g/mol. The minimum absolute atomic E-state index is 0.117. The molecule has 1 amide bonds. The molecule has 0 aromatic heterocycles. The van der Waals surface area contributed by atoms with Gasteiger partial charge in [-0.1, -0.05) is 67.1 Å². The highest BCUT2D eigenvalue weighted by molar-refractivity contribution is 8.00. The van der Waals surface area contributed by atoms with Crippen LogP contribution in [0.4, 0.5) is 0 Å². The van der Waals surface area contributed by atoms with Crippen molar-refractivity contribution in [3.8, 4) is 0 Å². The normalized spacial score (nSPS) is 16.5. The summed E-state index contributed by atoms with van der Waals surface area (Å²) in [5.41, 5.74) is 3.52. The van der Waals surface area contributed by atoms with Gasteiger partial charge in [0.2, 0.25) is 5.91 Å². The van der Waals surface area contributed by atoms with E-state index in [1.807, 2.05) is 44.2 Å². The minimum Gasteiger partial charge on any atom is -0.354 e. The lowest BCUT2D eigenvalue weighted by Gasteiger charge is -2.05. The molecule has 2 aromatic rings. The molecule has 0 atom stereocenters. The van der Waals surface area contributed by atoms with E-state index in [1.54, 1.807) is 12.1 Å². The van der Waals surface area contributed by atoms with E-state index >= 15 is 0 Å². The molecular weight excluding hydrogens is 398 g/mol. The van der Waals surface area contributed by atoms with E-state index in [4.69, 9.17) is 0 Å². The van der Waals surface area contributed by atoms with Crippen LogP contribution in [0.25, 0.3) is 4.91 Å². The molecule has 0 bridgehead atoms. The quantitative estimate of drug-likeness (QED) is 0.637. The SMILES string of the molecule is CCC1=C(c2ccc(C)cc2)S(=O)(=O)NC1=NCC(=O)NCCCc1ccccc1. The van der Waals surface area contributed by atoms with Crippen molar-refractivity contribution in [1.29, 1.82) is 0 Å². The molecule has 3 rings (SSSR count). The number of carbonyl (C=O) groups is 1. The summed E-state index contributed by atoms with van der Waals surface area (Å²) in [7, 11) is -3.70. The molecule has 6 nitrogen and oxygen atoms in total. The average Bonchev–Trinajstić information content (AvgIpc) is 3.00. The van der Waals surface area contributed by atoms with Crippen molar-refractivity contribution in [2.24, 2.45) is 4.99 Å². The van der Waals surface area contributed by atoms with Crippen molar-refractivity contribution in [3.63, 3.8) is 0 Å². The maximum atomic E-state index is 12.7. The number of amides is 1. The van der Waals surface area contributed by atoms with Crippen LogP contribution in [0.15, 0.2) is 65.2 Å². The molecule has 2 aromatic carbocycles. The first-order valence-electron chi connectivity index (χ1n) is 10.1. The van der Waals surface area contributed by atoms with Gasteiger partial charge in [0.05, 0.1) is 0 Å². The second kappa shape index (κ2) is 9.71. The fraction of sp³-hybridized carbons (Fsp3) is 0.304. The summed E-state index contributed by atoms with van der Waals surface area (Å²) in [6.45, 7) is 4.26. The molecule has 0 saturated heterocycles. The third-order valence-corrected chi connectivity index (χ3v) is 6.40. The number of hydrogen-bond donors (Lipinski definition) is 2. The molecule has 7 heteroatoms. The lowest BCUT2D eigenvalue weighted by Crippen LogP contribution is -2.29. The Balaban J connectivity index is 1.63. The predicted octanol–water partition coefficient (Wildman–Crippen LogP) is 3.20. The fourth-order valence-electron chi connectivity index (χ4n) is 3.37. The standard InChI is InChI=1S/C23H27N3O3S/c1-3-20-22(19-13-11-17(2)12-14-19)30(28,29)26-23(20)25-16-21(27)24-15-7-10-18-8-5-4-6-9-18/h4-6,8-9,11-14H,3,7,10,15-16H2,1-2H3,(H,24,27)(H,25,26). The number of hydrogen-bond acceptors (Lipinski definition) is 4. The number of rotatable bonds is 8. The summed E-state index contributed by atoms with van der Waals surface area (Å²) in [5.74, 6) is 0.0292. The molecule has 30 heavy (non-hydrogen) atoms. The molecule has 1 aliphatic rings. The molecule has 0 aliphatic carbocycles. The van der Waals surface area contributed by atoms with Crippen molar-refractivity contribution in [1.82, 2.24) is 10.0 Å². The van der Waals surface area contributed by atoms with Crippen LogP contribution < -0.4 is 10.0 Å². The zero-order chi connectivity index (χ0) is 21.6. The molecule has 158 valence electrons. The molecule has 0 radical (unpaired) electrons. The van der Waals surface area contributed by atoms with Gasteiger partial charge in [-0.3, -0.25) is 14.5 Å². The number of carbonyl (C=O) groups excluding carboxylic acids is 1. The Morgan fingerprint density at radius 2 is 1.77 bits per heavy atom. The first-order valence-corrected chi connectivity index (χ1v) is 11.6. The van der Waals surface area contributed by atoms with Crippen LogP contribution in [0.5, 0.6) is 0 Å². The third kappa shape index (κ3) is 5.36. The highest BCUT2D eigenvalue weighted by Crippen LogP contribution is 2.31. The van der Waals surface area contributed by atoms with E-state index in [1.165, 1.54) is 5.56 Å². The van der Waals surface area contributed by atoms with Gasteiger partial charge in [0, 0.05) is 12.1 Å². The van der Waals surface area contributed by atoms with Gasteiger partial charge in [-0.25, -0.2) is 8.42 Å². The Kier molecular flexibility index (Phi) is 7.05. The third-order valence-electron chi connectivity index (χ3n) is 4.92. The molecule has 0 unspecified atom stereocenters. The topological polar surface area (TPSA) is 87.6 Å². The summed E-state index contributed by atoms with van der Waals surface area (Å²) in [5, 5.41) is 2.84. The van der Waals surface area contributed by atoms with Crippen molar-refractivity contribution >= 4 is 26.7 Å². The van der Waals surface area contributed by atoms with Crippen LogP contribution in [0.2, 0.25) is 0 Å². The molecule has 0 saturated carbocycles. The van der Waals surface area contributed by atoms with Crippen LogP contribution in [-0.2, 0) is 21.2 Å². The predicted molar refractivity (Wildman–Crippen MR) is 121 cm³/mol. The fourth-order valence-corrected chi connectivity index (χ4v) is 4.93. The van der Waals surface area contributed by atoms with Gasteiger partial charge >= 0.3 is 0 Å². The number of aryl methyl sites for hydroxylation is 2. The Hall–Kier alpha value is -2.93.